The summed E-state index contributed by atoms with van der Waals surface area (Å²) in [5.74, 6) is -0.180. The molecule has 0 aliphatic heterocycles. The Morgan fingerprint density at radius 2 is 1.32 bits per heavy atom. The van der Waals surface area contributed by atoms with E-state index >= 15 is 0 Å². The van der Waals surface area contributed by atoms with E-state index < -0.39 is 11.9 Å². The third-order valence-corrected chi connectivity index (χ3v) is 2.78. The van der Waals surface area contributed by atoms with Crippen molar-refractivity contribution >= 4 is 24.1 Å². The summed E-state index contributed by atoms with van der Waals surface area (Å²) in [7, 11) is 0. The number of carbonyl (C=O) groups is 2. The van der Waals surface area contributed by atoms with Gasteiger partial charge in [0.25, 0.3) is 0 Å². The van der Waals surface area contributed by atoms with Crippen molar-refractivity contribution in [2.45, 2.75) is 13.8 Å². The van der Waals surface area contributed by atoms with Crippen LogP contribution in [0.3, 0.4) is 0 Å². The average molecular weight is 296 g/mol. The SMILES string of the molecule is CC(=O)Oc1cccc(OC(C)=O)c1C=Cc1ccccc1. The monoisotopic (exact) mass is 296 g/mol. The Morgan fingerprint density at radius 3 is 1.82 bits per heavy atom. The summed E-state index contributed by atoms with van der Waals surface area (Å²) in [5.41, 5.74) is 1.52. The van der Waals surface area contributed by atoms with Gasteiger partial charge in [0, 0.05) is 13.8 Å². The molecule has 0 saturated heterocycles. The molecule has 0 fully saturated rings. The van der Waals surface area contributed by atoms with E-state index in [4.69, 9.17) is 9.47 Å². The van der Waals surface area contributed by atoms with E-state index in [0.717, 1.165) is 5.56 Å². The fraction of sp³-hybridized carbons (Fsp3) is 0.111. The quantitative estimate of drug-likeness (QED) is 0.490. The van der Waals surface area contributed by atoms with Gasteiger partial charge in [-0.25, -0.2) is 0 Å². The van der Waals surface area contributed by atoms with Gasteiger partial charge in [-0.05, 0) is 23.8 Å². The van der Waals surface area contributed by atoms with Crippen molar-refractivity contribution in [3.05, 3.63) is 59.7 Å². The second-order valence-electron chi connectivity index (χ2n) is 4.60. The lowest BCUT2D eigenvalue weighted by atomic mass is 10.1. The number of carbonyl (C=O) groups excluding carboxylic acids is 2. The maximum atomic E-state index is 11.2. The van der Waals surface area contributed by atoms with Gasteiger partial charge in [0.15, 0.2) is 0 Å². The van der Waals surface area contributed by atoms with Crippen LogP contribution in [-0.2, 0) is 9.59 Å². The molecule has 0 amide bonds. The van der Waals surface area contributed by atoms with Gasteiger partial charge in [-0.15, -0.1) is 0 Å². The zero-order valence-electron chi connectivity index (χ0n) is 12.4. The summed E-state index contributed by atoms with van der Waals surface area (Å²) in [6.07, 6.45) is 3.61. The predicted octanol–water partition coefficient (Wildman–Crippen LogP) is 3.71. The third-order valence-electron chi connectivity index (χ3n) is 2.78. The van der Waals surface area contributed by atoms with Gasteiger partial charge in [0.1, 0.15) is 11.5 Å². The number of hydrogen-bond acceptors (Lipinski definition) is 4. The molecule has 0 heterocycles. The van der Waals surface area contributed by atoms with Crippen molar-refractivity contribution in [3.8, 4) is 11.5 Å². The molecule has 0 bridgehead atoms. The highest BCUT2D eigenvalue weighted by atomic mass is 16.5. The lowest BCUT2D eigenvalue weighted by Crippen LogP contribution is -2.06. The topological polar surface area (TPSA) is 52.6 Å². The van der Waals surface area contributed by atoms with Crippen molar-refractivity contribution in [2.24, 2.45) is 0 Å². The van der Waals surface area contributed by atoms with Crippen molar-refractivity contribution in [3.63, 3.8) is 0 Å². The molecule has 112 valence electrons. The fourth-order valence-corrected chi connectivity index (χ4v) is 1.92. The fourth-order valence-electron chi connectivity index (χ4n) is 1.92. The molecular weight excluding hydrogens is 280 g/mol. The van der Waals surface area contributed by atoms with Crippen molar-refractivity contribution in [2.75, 3.05) is 0 Å². The molecule has 0 aliphatic carbocycles. The molecule has 0 saturated carbocycles. The molecule has 4 heteroatoms. The molecule has 0 unspecified atom stereocenters. The highest BCUT2D eigenvalue weighted by molar-refractivity contribution is 5.80. The second-order valence-corrected chi connectivity index (χ2v) is 4.60. The minimum absolute atomic E-state index is 0.346. The molecule has 2 aromatic rings. The van der Waals surface area contributed by atoms with Crippen molar-refractivity contribution in [1.82, 2.24) is 0 Å². The van der Waals surface area contributed by atoms with Gasteiger partial charge in [-0.1, -0.05) is 42.5 Å². The minimum Gasteiger partial charge on any atom is -0.426 e. The zero-order valence-corrected chi connectivity index (χ0v) is 12.4. The van der Waals surface area contributed by atoms with Crippen LogP contribution in [0.25, 0.3) is 12.2 Å². The van der Waals surface area contributed by atoms with Crippen molar-refractivity contribution < 1.29 is 19.1 Å². The molecule has 0 N–H and O–H groups in total. The highest BCUT2D eigenvalue weighted by Gasteiger charge is 2.11. The summed E-state index contributed by atoms with van der Waals surface area (Å²) in [4.78, 5) is 22.4. The second kappa shape index (κ2) is 7.22. The van der Waals surface area contributed by atoms with Gasteiger partial charge in [-0.3, -0.25) is 9.59 Å². The number of rotatable bonds is 4. The van der Waals surface area contributed by atoms with Gasteiger partial charge in [-0.2, -0.15) is 0 Å². The van der Waals surface area contributed by atoms with E-state index in [1.807, 2.05) is 36.4 Å². The molecule has 0 atom stereocenters. The first kappa shape index (κ1) is 15.5. The molecule has 4 nitrogen and oxygen atoms in total. The Morgan fingerprint density at radius 1 is 0.773 bits per heavy atom. The first-order chi connectivity index (χ1) is 10.6. The van der Waals surface area contributed by atoms with E-state index in [1.165, 1.54) is 13.8 Å². The molecule has 22 heavy (non-hydrogen) atoms. The number of ether oxygens (including phenoxy) is 2. The van der Waals surface area contributed by atoms with Crippen LogP contribution in [0, 0.1) is 0 Å². The predicted molar refractivity (Wildman–Crippen MR) is 84.4 cm³/mol. The highest BCUT2D eigenvalue weighted by Crippen LogP contribution is 2.31. The summed E-state index contributed by atoms with van der Waals surface area (Å²) < 4.78 is 10.3. The lowest BCUT2D eigenvalue weighted by Gasteiger charge is -2.10. The maximum Gasteiger partial charge on any atom is 0.308 e. The maximum absolute atomic E-state index is 11.2. The Labute approximate surface area is 129 Å². The van der Waals surface area contributed by atoms with Gasteiger partial charge in [0.05, 0.1) is 5.56 Å². The van der Waals surface area contributed by atoms with Crippen LogP contribution in [0.2, 0.25) is 0 Å². The van der Waals surface area contributed by atoms with Crippen LogP contribution < -0.4 is 9.47 Å². The summed E-state index contributed by atoms with van der Waals surface area (Å²) >= 11 is 0. The smallest absolute Gasteiger partial charge is 0.308 e. The van der Waals surface area contributed by atoms with E-state index in [9.17, 15) is 9.59 Å². The molecule has 2 aromatic carbocycles. The first-order valence-corrected chi connectivity index (χ1v) is 6.79. The molecule has 2 rings (SSSR count). The van der Waals surface area contributed by atoms with Gasteiger partial charge < -0.3 is 9.47 Å². The Hall–Kier alpha value is -2.88. The largest absolute Gasteiger partial charge is 0.426 e. The van der Waals surface area contributed by atoms with E-state index in [0.29, 0.717) is 17.1 Å². The van der Waals surface area contributed by atoms with E-state index in [1.54, 1.807) is 24.3 Å². The summed E-state index contributed by atoms with van der Waals surface area (Å²) in [6, 6.07) is 14.6. The van der Waals surface area contributed by atoms with Crippen LogP contribution in [0.1, 0.15) is 25.0 Å². The Bertz CT molecular complexity index is 668. The van der Waals surface area contributed by atoms with Crippen LogP contribution >= 0.6 is 0 Å². The van der Waals surface area contributed by atoms with Crippen LogP contribution in [-0.4, -0.2) is 11.9 Å². The number of esters is 2. The van der Waals surface area contributed by atoms with Crippen LogP contribution in [0.15, 0.2) is 48.5 Å². The van der Waals surface area contributed by atoms with Crippen LogP contribution in [0.4, 0.5) is 0 Å². The van der Waals surface area contributed by atoms with Crippen LogP contribution in [0.5, 0.6) is 11.5 Å². The standard InChI is InChI=1S/C18H16O4/c1-13(19)21-17-9-6-10-18(22-14(2)20)16(17)12-11-15-7-4-3-5-8-15/h3-12H,1-2H3. The van der Waals surface area contributed by atoms with Crippen molar-refractivity contribution in [1.29, 1.82) is 0 Å². The third kappa shape index (κ3) is 4.31. The normalized spacial score (nSPS) is 10.5. The number of hydrogen-bond donors (Lipinski definition) is 0. The van der Waals surface area contributed by atoms with Gasteiger partial charge in [0.2, 0.25) is 0 Å². The molecule has 0 aromatic heterocycles. The lowest BCUT2D eigenvalue weighted by molar-refractivity contribution is -0.132. The molecule has 0 spiro atoms. The summed E-state index contributed by atoms with van der Waals surface area (Å²) in [6.45, 7) is 2.65. The van der Waals surface area contributed by atoms with Gasteiger partial charge >= 0.3 is 11.9 Å². The summed E-state index contributed by atoms with van der Waals surface area (Å²) in [5, 5.41) is 0. The molecule has 0 aliphatic rings. The molecule has 0 radical (unpaired) electrons. The zero-order chi connectivity index (χ0) is 15.9. The van der Waals surface area contributed by atoms with E-state index in [-0.39, 0.29) is 0 Å². The Balaban J connectivity index is 2.42. The molecular formula is C18H16O4. The minimum atomic E-state index is -0.436. The average Bonchev–Trinajstić information content (AvgIpc) is 2.46. The first-order valence-electron chi connectivity index (χ1n) is 6.79. The number of benzene rings is 2. The Kier molecular flexibility index (Phi) is 5.09. The van der Waals surface area contributed by atoms with E-state index in [2.05, 4.69) is 0 Å².